The number of carbonyl (C=O) groups is 4. The molecule has 5 N–H and O–H groups in total. The van der Waals surface area contributed by atoms with E-state index in [1.54, 1.807) is 60.8 Å². The Morgan fingerprint density at radius 3 is 2.24 bits per heavy atom. The van der Waals surface area contributed by atoms with Gasteiger partial charge in [0, 0.05) is 54.6 Å². The number of nitrogens with zero attached hydrogens (tertiary/aromatic N) is 3. The van der Waals surface area contributed by atoms with Crippen molar-refractivity contribution in [2.24, 2.45) is 16.2 Å². The molecule has 17 heteroatoms. The number of benzene rings is 3. The Morgan fingerprint density at radius 1 is 0.957 bits per heavy atom. The van der Waals surface area contributed by atoms with Gasteiger partial charge in [0.2, 0.25) is 17.7 Å². The molecule has 3 aromatic carbocycles. The minimum Gasteiger partial charge on any atom is -0.494 e. The van der Waals surface area contributed by atoms with Crippen LogP contribution in [0.5, 0.6) is 11.5 Å². The number of hydrogen-bond acceptors (Lipinski definition) is 12. The van der Waals surface area contributed by atoms with E-state index in [-0.39, 0.29) is 43.5 Å². The lowest BCUT2D eigenvalue weighted by Crippen LogP contribution is -2.74. The largest absolute Gasteiger partial charge is 0.494 e. The van der Waals surface area contributed by atoms with Crippen molar-refractivity contribution in [3.8, 4) is 28.0 Å². The number of thiazole rings is 1. The average Bonchev–Trinajstić information content (AvgIpc) is 3.94. The van der Waals surface area contributed by atoms with E-state index in [9.17, 15) is 29.5 Å². The van der Waals surface area contributed by atoms with Crippen molar-refractivity contribution < 1.29 is 38.5 Å². The first kappa shape index (κ1) is 53.8. The summed E-state index contributed by atoms with van der Waals surface area (Å²) in [5.41, 5.74) is 4.09. The fourth-order valence-corrected chi connectivity index (χ4v) is 10.9. The second kappa shape index (κ2) is 23.1. The molecule has 2 heterocycles. The molecule has 2 fully saturated rings. The molecule has 376 valence electrons. The van der Waals surface area contributed by atoms with E-state index in [2.05, 4.69) is 60.0 Å². The van der Waals surface area contributed by atoms with Gasteiger partial charge in [0.1, 0.15) is 42.4 Å². The lowest BCUT2D eigenvalue weighted by atomic mass is 9.49. The lowest BCUT2D eigenvalue weighted by Gasteiger charge is -2.63. The Kier molecular flexibility index (Phi) is 17.8. The third-order valence-electron chi connectivity index (χ3n) is 13.3. The van der Waals surface area contributed by atoms with Crippen LogP contribution in [0.2, 0.25) is 5.02 Å². The number of aromatic nitrogens is 1. The zero-order chi connectivity index (χ0) is 51.0. The SMILES string of the molecule is CNCC(NC(=O)[C@@H]1C[C@@H](O)CN1C(=O)[C@@H](NC(=O)COCCCCCOc1ccc(C(=O)N[C@H]2C(C)(C)[C@H](Oc3ccc(C#N)c(Cl)c3)C2(C)C)cc1)C(C)(C)C)c1ccc(-c2scnc2C)cc1. The summed E-state index contributed by atoms with van der Waals surface area (Å²) in [7, 11) is 1.80. The van der Waals surface area contributed by atoms with Gasteiger partial charge in [-0.3, -0.25) is 19.2 Å². The summed E-state index contributed by atoms with van der Waals surface area (Å²) < 4.78 is 18.0. The molecular formula is C53H68ClN7O8S. The molecule has 1 aliphatic carbocycles. The fourth-order valence-electron chi connectivity index (χ4n) is 9.84. The molecule has 70 heavy (non-hydrogen) atoms. The Morgan fingerprint density at radius 2 is 1.63 bits per heavy atom. The van der Waals surface area contributed by atoms with Crippen LogP contribution < -0.4 is 30.7 Å². The number of likely N-dealkylation sites (tertiary alicyclic amines) is 1. The molecule has 4 atom stereocenters. The van der Waals surface area contributed by atoms with E-state index < -0.39 is 52.3 Å². The highest BCUT2D eigenvalue weighted by Gasteiger charge is 2.64. The normalized spacial score (nSPS) is 20.1. The van der Waals surface area contributed by atoms with Crippen molar-refractivity contribution in [1.29, 1.82) is 5.26 Å². The topological polar surface area (TPSA) is 204 Å². The first-order valence-electron chi connectivity index (χ1n) is 23.9. The number of β-amino-alcohol motifs (C(OH)–C–C–N with tert-alkyl or cyclic N) is 1. The maximum absolute atomic E-state index is 14.2. The molecule has 1 saturated heterocycles. The highest BCUT2D eigenvalue weighted by molar-refractivity contribution is 7.13. The van der Waals surface area contributed by atoms with Crippen LogP contribution in [0.1, 0.15) is 107 Å². The third kappa shape index (κ3) is 12.8. The highest BCUT2D eigenvalue weighted by atomic mass is 35.5. The summed E-state index contributed by atoms with van der Waals surface area (Å²) >= 11 is 7.81. The predicted octanol–water partition coefficient (Wildman–Crippen LogP) is 7.39. The molecule has 0 bridgehead atoms. The second-order valence-electron chi connectivity index (χ2n) is 20.6. The van der Waals surface area contributed by atoms with Crippen molar-refractivity contribution in [1.82, 2.24) is 31.2 Å². The number of hydrogen-bond donors (Lipinski definition) is 5. The molecule has 15 nitrogen and oxygen atoms in total. The minimum absolute atomic E-state index is 0.0302. The molecule has 1 aliphatic heterocycles. The van der Waals surface area contributed by atoms with Crippen LogP contribution in [0.15, 0.2) is 72.2 Å². The van der Waals surface area contributed by atoms with Gasteiger partial charge in [-0.1, -0.05) is 84.3 Å². The molecule has 4 aromatic rings. The molecule has 0 spiro atoms. The van der Waals surface area contributed by atoms with E-state index >= 15 is 0 Å². The van der Waals surface area contributed by atoms with Crippen LogP contribution in [0, 0.1) is 34.5 Å². The zero-order valence-corrected chi connectivity index (χ0v) is 43.3. The van der Waals surface area contributed by atoms with Crippen molar-refractivity contribution in [2.75, 3.05) is 40.0 Å². The zero-order valence-electron chi connectivity index (χ0n) is 41.7. The van der Waals surface area contributed by atoms with Crippen LogP contribution in [-0.2, 0) is 19.1 Å². The third-order valence-corrected chi connectivity index (χ3v) is 14.6. The van der Waals surface area contributed by atoms with Crippen LogP contribution >= 0.6 is 22.9 Å². The molecule has 2 aliphatic rings. The number of carbonyl (C=O) groups excluding carboxylic acids is 4. The molecule has 6 rings (SSSR count). The summed E-state index contributed by atoms with van der Waals surface area (Å²) in [6, 6.07) is 19.6. The number of likely N-dealkylation sites (N-methyl/N-ethyl adjacent to an activating group) is 1. The van der Waals surface area contributed by atoms with Crippen molar-refractivity contribution in [3.05, 3.63) is 99.6 Å². The number of aliphatic hydroxyl groups excluding tert-OH is 1. The molecule has 0 radical (unpaired) electrons. The van der Waals surface area contributed by atoms with Gasteiger partial charge in [0.05, 0.1) is 45.4 Å². The van der Waals surface area contributed by atoms with Gasteiger partial charge >= 0.3 is 0 Å². The number of nitrogens with one attached hydrogen (secondary N) is 4. The van der Waals surface area contributed by atoms with Crippen molar-refractivity contribution >= 4 is 46.6 Å². The van der Waals surface area contributed by atoms with Gasteiger partial charge in [-0.25, -0.2) is 4.98 Å². The maximum atomic E-state index is 14.2. The minimum atomic E-state index is -0.974. The van der Waals surface area contributed by atoms with Crippen molar-refractivity contribution in [3.63, 3.8) is 0 Å². The Labute approximate surface area is 421 Å². The smallest absolute Gasteiger partial charge is 0.251 e. The Balaban J connectivity index is 0.903. The monoisotopic (exact) mass is 997 g/mol. The van der Waals surface area contributed by atoms with Gasteiger partial charge in [0.25, 0.3) is 5.91 Å². The highest BCUT2D eigenvalue weighted by Crippen LogP contribution is 2.55. The number of aliphatic hydroxyl groups is 1. The summed E-state index contributed by atoms with van der Waals surface area (Å²) in [6.45, 7) is 16.7. The molecule has 1 saturated carbocycles. The van der Waals surface area contributed by atoms with Gasteiger partial charge in [-0.15, -0.1) is 11.3 Å². The quantitative estimate of drug-likeness (QED) is 0.0521. The van der Waals surface area contributed by atoms with E-state index in [0.29, 0.717) is 53.8 Å². The number of nitriles is 1. The number of aryl methyl sites for hydroxylation is 1. The molecular weight excluding hydrogens is 930 g/mol. The van der Waals surface area contributed by atoms with E-state index in [1.165, 1.54) is 4.90 Å². The van der Waals surface area contributed by atoms with Gasteiger partial charge in [-0.05, 0) is 86.2 Å². The second-order valence-corrected chi connectivity index (χ2v) is 21.8. The number of rotatable bonds is 21. The fraction of sp³-hybridized carbons (Fsp3) is 0.509. The van der Waals surface area contributed by atoms with Gasteiger partial charge < -0.3 is 45.5 Å². The summed E-state index contributed by atoms with van der Waals surface area (Å²) in [6.07, 6.45) is 1.18. The van der Waals surface area contributed by atoms with Crippen LogP contribution in [0.3, 0.4) is 0 Å². The first-order valence-corrected chi connectivity index (χ1v) is 25.1. The van der Waals surface area contributed by atoms with Gasteiger partial charge in [-0.2, -0.15) is 5.26 Å². The number of halogens is 1. The lowest BCUT2D eigenvalue weighted by molar-refractivity contribution is -0.164. The van der Waals surface area contributed by atoms with Crippen LogP contribution in [-0.4, -0.2) is 109 Å². The number of unbranched alkanes of at least 4 members (excludes halogenated alkanes) is 2. The molecule has 1 unspecified atom stereocenters. The average molecular weight is 999 g/mol. The van der Waals surface area contributed by atoms with Crippen LogP contribution in [0.4, 0.5) is 0 Å². The first-order chi connectivity index (χ1) is 33.1. The van der Waals surface area contributed by atoms with Crippen LogP contribution in [0.25, 0.3) is 10.4 Å². The Bertz CT molecular complexity index is 2490. The maximum Gasteiger partial charge on any atom is 0.251 e. The number of amides is 4. The van der Waals surface area contributed by atoms with Crippen molar-refractivity contribution in [2.45, 2.75) is 117 Å². The standard InChI is InChI=1S/C53H68ClN7O8S/c1-32-44(70-31-57-32)34-15-13-33(14-16-34)41(28-56-9)58-47(65)42-25-37(62)29-61(42)48(66)45(51(2,3)4)59-43(63)30-67-23-11-10-12-24-68-38-20-17-35(18-21-38)46(64)60-49-52(5,6)50(53(49,7)8)69-39-22-19-36(27-55)40(54)26-39/h13-22,26,31,37,41-42,45,49-50,56,62H,10-12,23-25,28-30H2,1-9H3,(H,58,65)(H,59,63)(H,60,64)/t37-,41?,42+,45-,49-,50-/m1/s1. The summed E-state index contributed by atoms with van der Waals surface area (Å²) in [5, 5.41) is 32.6. The predicted molar refractivity (Wildman–Crippen MR) is 271 cm³/mol. The molecule has 4 amide bonds. The van der Waals surface area contributed by atoms with Gasteiger partial charge in [0.15, 0.2) is 0 Å². The Hall–Kier alpha value is -5.57. The summed E-state index contributed by atoms with van der Waals surface area (Å²) in [4.78, 5) is 61.4. The number of ether oxygens (including phenoxy) is 3. The van der Waals surface area contributed by atoms with E-state index in [4.69, 9.17) is 25.8 Å². The van der Waals surface area contributed by atoms with E-state index in [1.807, 2.05) is 57.5 Å². The molecule has 1 aromatic heterocycles. The van der Waals surface area contributed by atoms with E-state index in [0.717, 1.165) is 34.5 Å². The summed E-state index contributed by atoms with van der Waals surface area (Å²) in [5.74, 6) is -0.260.